The second-order valence-corrected chi connectivity index (χ2v) is 6.75. The van der Waals surface area contributed by atoms with Crippen molar-refractivity contribution in [2.24, 2.45) is 0 Å². The predicted octanol–water partition coefficient (Wildman–Crippen LogP) is 3.96. The maximum atomic E-state index is 4.54. The predicted molar refractivity (Wildman–Crippen MR) is 101 cm³/mol. The molecule has 2 rings (SSSR count). The van der Waals surface area contributed by atoms with Crippen LogP contribution in [0.3, 0.4) is 0 Å². The molecule has 0 aliphatic rings. The van der Waals surface area contributed by atoms with Crippen LogP contribution in [0.25, 0.3) is 0 Å². The lowest BCUT2D eigenvalue weighted by molar-refractivity contribution is 0.405. The molecule has 0 aliphatic heterocycles. The van der Waals surface area contributed by atoms with Gasteiger partial charge in [-0.05, 0) is 58.6 Å². The molecule has 0 unspecified atom stereocenters. The molecule has 2 N–H and O–H groups in total. The lowest BCUT2D eigenvalue weighted by Crippen LogP contribution is -2.16. The quantitative estimate of drug-likeness (QED) is 0.715. The molecule has 0 spiro atoms. The highest BCUT2D eigenvalue weighted by atomic mass is 79.9. The van der Waals surface area contributed by atoms with E-state index in [0.29, 0.717) is 5.95 Å². The number of rotatable bonds is 7. The van der Waals surface area contributed by atoms with Gasteiger partial charge in [-0.15, -0.1) is 0 Å². The van der Waals surface area contributed by atoms with E-state index in [4.69, 9.17) is 0 Å². The van der Waals surface area contributed by atoms with E-state index in [0.717, 1.165) is 41.2 Å². The van der Waals surface area contributed by atoms with Gasteiger partial charge in [-0.25, -0.2) is 4.98 Å². The molecule has 1 aromatic heterocycles. The van der Waals surface area contributed by atoms with Crippen molar-refractivity contribution in [1.82, 2.24) is 14.9 Å². The normalized spacial score (nSPS) is 10.9. The molecule has 1 aromatic carbocycles. The molecule has 0 amide bonds. The van der Waals surface area contributed by atoms with Crippen LogP contribution >= 0.6 is 15.9 Å². The van der Waals surface area contributed by atoms with Crippen LogP contribution < -0.4 is 10.6 Å². The summed E-state index contributed by atoms with van der Waals surface area (Å²) >= 11 is 3.54. The van der Waals surface area contributed by atoms with Crippen LogP contribution in [0.1, 0.15) is 17.7 Å². The van der Waals surface area contributed by atoms with Crippen molar-refractivity contribution in [3.05, 3.63) is 40.0 Å². The summed E-state index contributed by atoms with van der Waals surface area (Å²) in [4.78, 5) is 11.2. The van der Waals surface area contributed by atoms with E-state index in [1.807, 2.05) is 25.1 Å². The maximum absolute atomic E-state index is 4.54. The molecule has 1 heterocycles. The van der Waals surface area contributed by atoms with Gasteiger partial charge < -0.3 is 15.5 Å². The average molecular weight is 378 g/mol. The Kier molecular flexibility index (Phi) is 6.36. The third kappa shape index (κ3) is 5.80. The van der Waals surface area contributed by atoms with Crippen molar-refractivity contribution >= 4 is 33.4 Å². The molecular weight excluding hydrogens is 354 g/mol. The molecular formula is C17H24BrN5. The number of aryl methyl sites for hydroxylation is 2. The number of benzene rings is 1. The Balaban J connectivity index is 2.03. The minimum atomic E-state index is 0.607. The molecule has 2 aromatic rings. The van der Waals surface area contributed by atoms with Gasteiger partial charge in [-0.3, -0.25) is 0 Å². The fourth-order valence-electron chi connectivity index (χ4n) is 2.13. The Labute approximate surface area is 146 Å². The Morgan fingerprint density at radius 2 is 1.91 bits per heavy atom. The van der Waals surface area contributed by atoms with Gasteiger partial charge in [0.25, 0.3) is 0 Å². The number of anilines is 3. The first-order chi connectivity index (χ1) is 10.9. The summed E-state index contributed by atoms with van der Waals surface area (Å²) in [5, 5.41) is 6.62. The Hall–Kier alpha value is -1.66. The molecule has 0 aliphatic carbocycles. The van der Waals surface area contributed by atoms with Gasteiger partial charge in [-0.1, -0.05) is 22.0 Å². The molecule has 0 saturated carbocycles. The van der Waals surface area contributed by atoms with E-state index in [2.05, 4.69) is 68.5 Å². The Bertz CT molecular complexity index is 657. The van der Waals surface area contributed by atoms with Gasteiger partial charge >= 0.3 is 0 Å². The van der Waals surface area contributed by atoms with Crippen LogP contribution in [0.2, 0.25) is 0 Å². The van der Waals surface area contributed by atoms with E-state index in [-0.39, 0.29) is 0 Å². The Morgan fingerprint density at radius 1 is 1.13 bits per heavy atom. The van der Waals surface area contributed by atoms with Gasteiger partial charge in [0.15, 0.2) is 0 Å². The highest BCUT2D eigenvalue weighted by Crippen LogP contribution is 2.23. The van der Waals surface area contributed by atoms with Crippen molar-refractivity contribution in [3.8, 4) is 0 Å². The summed E-state index contributed by atoms with van der Waals surface area (Å²) in [6.45, 7) is 5.99. The van der Waals surface area contributed by atoms with Gasteiger partial charge in [0.2, 0.25) is 5.95 Å². The third-order valence-corrected chi connectivity index (χ3v) is 4.22. The van der Waals surface area contributed by atoms with Gasteiger partial charge in [0.1, 0.15) is 5.82 Å². The summed E-state index contributed by atoms with van der Waals surface area (Å²) in [5.74, 6) is 1.46. The first-order valence-electron chi connectivity index (χ1n) is 7.71. The zero-order chi connectivity index (χ0) is 16.8. The van der Waals surface area contributed by atoms with E-state index in [1.165, 1.54) is 5.56 Å². The van der Waals surface area contributed by atoms with Crippen LogP contribution in [-0.4, -0.2) is 42.1 Å². The molecule has 0 bridgehead atoms. The molecule has 23 heavy (non-hydrogen) atoms. The van der Waals surface area contributed by atoms with Crippen LogP contribution in [0, 0.1) is 13.8 Å². The summed E-state index contributed by atoms with van der Waals surface area (Å²) in [5.41, 5.74) is 3.10. The minimum Gasteiger partial charge on any atom is -0.370 e. The third-order valence-electron chi connectivity index (χ3n) is 3.37. The molecule has 0 atom stereocenters. The first kappa shape index (κ1) is 17.7. The van der Waals surface area contributed by atoms with E-state index >= 15 is 0 Å². The van der Waals surface area contributed by atoms with Crippen LogP contribution in [0.5, 0.6) is 0 Å². The van der Waals surface area contributed by atoms with E-state index < -0.39 is 0 Å². The van der Waals surface area contributed by atoms with Gasteiger partial charge in [-0.2, -0.15) is 4.98 Å². The van der Waals surface area contributed by atoms with E-state index in [1.54, 1.807) is 0 Å². The molecule has 0 saturated heterocycles. The number of hydrogen-bond donors (Lipinski definition) is 2. The van der Waals surface area contributed by atoms with Crippen LogP contribution in [-0.2, 0) is 0 Å². The topological polar surface area (TPSA) is 53.1 Å². The Morgan fingerprint density at radius 3 is 2.61 bits per heavy atom. The van der Waals surface area contributed by atoms with Crippen LogP contribution in [0.4, 0.5) is 17.5 Å². The van der Waals surface area contributed by atoms with Crippen molar-refractivity contribution in [3.63, 3.8) is 0 Å². The lowest BCUT2D eigenvalue weighted by atomic mass is 10.2. The fourth-order valence-corrected chi connectivity index (χ4v) is 2.51. The zero-order valence-corrected chi connectivity index (χ0v) is 15.7. The highest BCUT2D eigenvalue weighted by molar-refractivity contribution is 9.10. The van der Waals surface area contributed by atoms with Crippen molar-refractivity contribution in [2.45, 2.75) is 20.3 Å². The van der Waals surface area contributed by atoms with Crippen molar-refractivity contribution < 1.29 is 0 Å². The number of aromatic nitrogens is 2. The fraction of sp³-hybridized carbons (Fsp3) is 0.412. The van der Waals surface area contributed by atoms with Crippen LogP contribution in [0.15, 0.2) is 28.7 Å². The molecule has 0 fully saturated rings. The molecule has 124 valence electrons. The van der Waals surface area contributed by atoms with Crippen molar-refractivity contribution in [2.75, 3.05) is 37.8 Å². The smallest absolute Gasteiger partial charge is 0.229 e. The minimum absolute atomic E-state index is 0.607. The monoisotopic (exact) mass is 377 g/mol. The molecule has 6 heteroatoms. The van der Waals surface area contributed by atoms with E-state index in [9.17, 15) is 0 Å². The van der Waals surface area contributed by atoms with Gasteiger partial charge in [0.05, 0.1) is 0 Å². The SMILES string of the molecule is Cc1cc(NCCCN(C)C)nc(Nc2ccc(C)c(Br)c2)n1. The molecule has 0 radical (unpaired) electrons. The largest absolute Gasteiger partial charge is 0.370 e. The maximum Gasteiger partial charge on any atom is 0.229 e. The number of halogens is 1. The second-order valence-electron chi connectivity index (χ2n) is 5.89. The molecule has 5 nitrogen and oxygen atoms in total. The lowest BCUT2D eigenvalue weighted by Gasteiger charge is -2.12. The summed E-state index contributed by atoms with van der Waals surface area (Å²) in [6, 6.07) is 8.08. The number of hydrogen-bond acceptors (Lipinski definition) is 5. The average Bonchev–Trinajstić information content (AvgIpc) is 2.47. The summed E-state index contributed by atoms with van der Waals surface area (Å²) in [6.07, 6.45) is 1.07. The number of nitrogens with one attached hydrogen (secondary N) is 2. The summed E-state index contributed by atoms with van der Waals surface area (Å²) < 4.78 is 1.07. The summed E-state index contributed by atoms with van der Waals surface area (Å²) in [7, 11) is 4.16. The standard InChI is InChI=1S/C17H24BrN5/c1-12-6-7-14(11-15(12)18)21-17-20-13(2)10-16(22-17)19-8-5-9-23(3)4/h6-7,10-11H,5,8-9H2,1-4H3,(H2,19,20,21,22). The van der Waals surface area contributed by atoms with Crippen molar-refractivity contribution in [1.29, 1.82) is 0 Å². The first-order valence-corrected chi connectivity index (χ1v) is 8.51. The number of nitrogens with zero attached hydrogens (tertiary/aromatic N) is 3. The highest BCUT2D eigenvalue weighted by Gasteiger charge is 2.04. The second kappa shape index (κ2) is 8.26. The zero-order valence-electron chi connectivity index (χ0n) is 14.2. The van der Waals surface area contributed by atoms with Gasteiger partial charge in [0, 0.05) is 28.5 Å².